The Morgan fingerprint density at radius 1 is 0.407 bits per heavy atom. The van der Waals surface area contributed by atoms with Gasteiger partial charge in [0.15, 0.2) is 0 Å². The maximum absolute atomic E-state index is 11.9. The van der Waals surface area contributed by atoms with E-state index in [2.05, 4.69) is 40.8 Å². The van der Waals surface area contributed by atoms with E-state index in [9.17, 15) is 55.2 Å². The number of hydrogen-bond acceptors (Lipinski definition) is 6. The maximum Gasteiger partial charge on any atom is 2.00 e. The second-order valence-electron chi connectivity index (χ2n) is 9.83. The van der Waals surface area contributed by atoms with Crippen LogP contribution < -0.4 is 0 Å². The second kappa shape index (κ2) is 17.9. The molecule has 292 valence electrons. The van der Waals surface area contributed by atoms with Crippen molar-refractivity contribution in [3.05, 3.63) is 162 Å². The third-order valence-electron chi connectivity index (χ3n) is 5.19. The molecule has 6 aromatic rings. The molecule has 0 amide bonds. The minimum absolute atomic E-state index is 0. The minimum Gasteiger partial charge on any atom is -0.287 e. The van der Waals surface area contributed by atoms with Gasteiger partial charge in [-0.1, -0.05) is 46.3 Å². The molecule has 5 aromatic heterocycles. The van der Waals surface area contributed by atoms with Crippen molar-refractivity contribution in [3.8, 4) is 22.8 Å². The smallest absolute Gasteiger partial charge is 0.287 e. The number of rotatable bonds is 4. The summed E-state index contributed by atoms with van der Waals surface area (Å²) in [5.74, 6) is -0.0527. The van der Waals surface area contributed by atoms with Gasteiger partial charge in [0, 0.05) is 41.0 Å². The fourth-order valence-electron chi connectivity index (χ4n) is 3.30. The van der Waals surface area contributed by atoms with Gasteiger partial charge in [-0.15, -0.1) is 0 Å². The quantitative estimate of drug-likeness (QED) is 0.0758. The first kappa shape index (κ1) is 47.8. The number of carbonyl (C=O) groups excluding carboxylic acids is 1. The fraction of sp³-hybridized carbons (Fsp3) is 0. The van der Waals surface area contributed by atoms with Crippen molar-refractivity contribution in [2.45, 2.75) is 0 Å². The van der Waals surface area contributed by atoms with Gasteiger partial charge in [0.25, 0.3) is 0 Å². The van der Waals surface area contributed by atoms with E-state index < -0.39 is 15.6 Å². The van der Waals surface area contributed by atoms with Crippen molar-refractivity contribution < 1.29 is 74.6 Å². The fourth-order valence-corrected chi connectivity index (χ4v) is 3.57. The van der Waals surface area contributed by atoms with Crippen LogP contribution in [-0.2, 0) is 19.5 Å². The minimum atomic E-state index is -10.7. The first-order chi connectivity index (χ1) is 24.1. The molecule has 54 heavy (non-hydrogen) atoms. The van der Waals surface area contributed by atoms with E-state index in [1.54, 1.807) is 61.3 Å². The van der Waals surface area contributed by atoms with Gasteiger partial charge in [0.05, 0.1) is 22.8 Å². The Kier molecular flexibility index (Phi) is 15.9. The van der Waals surface area contributed by atoms with Crippen molar-refractivity contribution >= 4 is 37.3 Å². The molecular weight excluding hydrogens is 941 g/mol. The number of ketones is 1. The molecule has 6 nitrogen and oxygen atoms in total. The molecule has 0 bridgehead atoms. The second-order valence-corrected chi connectivity index (χ2v) is 14.6. The van der Waals surface area contributed by atoms with Gasteiger partial charge in [-0.25, -0.2) is 0 Å². The van der Waals surface area contributed by atoms with Gasteiger partial charge < -0.3 is 0 Å². The molecule has 1 aromatic carbocycles. The van der Waals surface area contributed by atoms with Crippen molar-refractivity contribution in [1.82, 2.24) is 24.9 Å². The Hall–Kier alpha value is -4.24. The molecule has 0 fully saturated rings. The van der Waals surface area contributed by atoms with E-state index in [0.717, 1.165) is 27.2 Å². The molecule has 0 aliphatic heterocycles. The van der Waals surface area contributed by atoms with Crippen LogP contribution in [0.4, 0.5) is 50.4 Å². The van der Waals surface area contributed by atoms with E-state index in [1.807, 2.05) is 84.9 Å². The summed E-state index contributed by atoms with van der Waals surface area (Å²) in [7, 11) is -21.3. The molecule has 0 aliphatic rings. The summed E-state index contributed by atoms with van der Waals surface area (Å²) >= 11 is 3.32. The molecule has 0 spiro atoms. The number of pyridine rings is 5. The largest absolute Gasteiger partial charge is 2.00 e. The van der Waals surface area contributed by atoms with Crippen molar-refractivity contribution in [1.29, 1.82) is 0 Å². The Balaban J connectivity index is 0.000000347. The molecule has 0 aliphatic carbocycles. The molecule has 0 N–H and O–H groups in total. The average molecular weight is 965 g/mol. The Labute approximate surface area is 320 Å². The van der Waals surface area contributed by atoms with Gasteiger partial charge in [-0.05, 0) is 84.9 Å². The summed E-state index contributed by atoms with van der Waals surface area (Å²) in [5.41, 5.74) is 4.78. The van der Waals surface area contributed by atoms with E-state index in [-0.39, 0.29) is 25.3 Å². The third kappa shape index (κ3) is 27.4. The number of nitrogens with zero attached hydrogens (tertiary/aromatic N) is 5. The van der Waals surface area contributed by atoms with Crippen LogP contribution in [0.25, 0.3) is 22.8 Å². The van der Waals surface area contributed by atoms with Crippen LogP contribution in [0.15, 0.2) is 151 Å². The number of carbonyl (C=O) groups is 1. The zero-order valence-corrected chi connectivity index (χ0v) is 31.8. The topological polar surface area (TPSA) is 81.5 Å². The molecule has 0 unspecified atom stereocenters. The SMILES string of the molecule is F[P-](F)(F)(F)(F)F.F[P-](F)(F)(F)(F)F.O=C(c1ccc(Br)cc1)c1ccccn1.[Ru+2].c1ccc(-c2ccccn2)nc1.c1ccc(-c2ccccn2)nc1. The summed E-state index contributed by atoms with van der Waals surface area (Å²) in [4.78, 5) is 32.6. The first-order valence-electron chi connectivity index (χ1n) is 14.1. The van der Waals surface area contributed by atoms with Crippen LogP contribution in [0.2, 0.25) is 0 Å². The Morgan fingerprint density at radius 3 is 0.889 bits per heavy atom. The average Bonchev–Trinajstić information content (AvgIpc) is 3.08. The van der Waals surface area contributed by atoms with E-state index in [1.165, 1.54) is 0 Å². The van der Waals surface area contributed by atoms with Gasteiger partial charge >= 0.3 is 85.5 Å². The summed E-state index contributed by atoms with van der Waals surface area (Å²) < 4.78 is 119. The van der Waals surface area contributed by atoms with Crippen LogP contribution in [0.5, 0.6) is 0 Å². The first-order valence-corrected chi connectivity index (χ1v) is 18.9. The predicted octanol–water partition coefficient (Wildman–Crippen LogP) is 14.1. The molecule has 0 saturated heterocycles. The summed E-state index contributed by atoms with van der Waals surface area (Å²) in [6.45, 7) is 0. The zero-order chi connectivity index (χ0) is 39.9. The van der Waals surface area contributed by atoms with E-state index >= 15 is 0 Å². The number of hydrogen-bond donors (Lipinski definition) is 0. The van der Waals surface area contributed by atoms with Gasteiger partial charge in [0.1, 0.15) is 5.69 Å². The molecule has 6 rings (SSSR count). The predicted molar refractivity (Wildman–Crippen MR) is 184 cm³/mol. The Morgan fingerprint density at radius 2 is 0.667 bits per heavy atom. The number of benzene rings is 1. The van der Waals surface area contributed by atoms with Crippen LogP contribution in [0, 0.1) is 0 Å². The van der Waals surface area contributed by atoms with E-state index in [0.29, 0.717) is 11.3 Å². The van der Waals surface area contributed by atoms with Crippen LogP contribution >= 0.6 is 31.5 Å². The standard InChI is InChI=1S/C12H8BrNO.2C10H8N2.2F6P.Ru/c13-10-6-4-9(5-7-10)12(15)11-3-1-2-8-14-11;2*1-3-7-11-9(5-1)10-6-2-4-8-12-10;2*1-7(2,3,4,5)6;/h1-8H;2*1-8H;;;/q;;;2*-1;+2. The monoisotopic (exact) mass is 965 g/mol. The van der Waals surface area contributed by atoms with Crippen LogP contribution in [0.3, 0.4) is 0 Å². The Bertz CT molecular complexity index is 1810. The van der Waals surface area contributed by atoms with Crippen molar-refractivity contribution in [2.75, 3.05) is 0 Å². The van der Waals surface area contributed by atoms with Gasteiger partial charge in [-0.2, -0.15) is 0 Å². The van der Waals surface area contributed by atoms with Crippen LogP contribution in [-0.4, -0.2) is 30.7 Å². The molecule has 5 heterocycles. The van der Waals surface area contributed by atoms with Crippen molar-refractivity contribution in [2.24, 2.45) is 0 Å². The number of halogens is 13. The van der Waals surface area contributed by atoms with E-state index in [4.69, 9.17) is 0 Å². The summed E-state index contributed by atoms with van der Waals surface area (Å²) in [6.07, 6.45) is 8.69. The molecule has 0 saturated carbocycles. The maximum atomic E-state index is 11.9. The molecule has 22 heteroatoms. The van der Waals surface area contributed by atoms with Crippen LogP contribution in [0.1, 0.15) is 16.1 Å². The summed E-state index contributed by atoms with van der Waals surface area (Å²) in [6, 6.07) is 35.7. The molecule has 0 atom stereocenters. The van der Waals surface area contributed by atoms with Gasteiger partial charge in [0.2, 0.25) is 5.78 Å². The molecular formula is C32H24BrF12N5OP2Ru. The van der Waals surface area contributed by atoms with Gasteiger partial charge in [-0.3, -0.25) is 29.7 Å². The number of aromatic nitrogens is 5. The molecule has 0 radical (unpaired) electrons. The summed E-state index contributed by atoms with van der Waals surface area (Å²) in [5, 5.41) is 0. The zero-order valence-electron chi connectivity index (χ0n) is 26.7. The third-order valence-corrected chi connectivity index (χ3v) is 5.72. The normalized spacial score (nSPS) is 13.1. The van der Waals surface area contributed by atoms with Crippen molar-refractivity contribution in [3.63, 3.8) is 0 Å².